The highest BCUT2D eigenvalue weighted by Gasteiger charge is 2.30. The SMILES string of the molecule is C/C=C1\C[C@@H](C)CN([C@@H](C)c2ccc(F)cc2)C1=O. The Labute approximate surface area is 113 Å². The second-order valence-corrected chi connectivity index (χ2v) is 5.31. The minimum Gasteiger partial charge on any atom is -0.332 e. The second kappa shape index (κ2) is 5.55. The Morgan fingerprint density at radius 1 is 1.37 bits per heavy atom. The smallest absolute Gasteiger partial charge is 0.249 e. The number of hydrogen-bond donors (Lipinski definition) is 0. The van der Waals surface area contributed by atoms with Gasteiger partial charge in [-0.1, -0.05) is 25.1 Å². The van der Waals surface area contributed by atoms with Crippen molar-refractivity contribution in [1.29, 1.82) is 0 Å². The highest BCUT2D eigenvalue weighted by Crippen LogP contribution is 2.30. The molecular formula is C16H20FNO. The molecule has 1 fully saturated rings. The quantitative estimate of drug-likeness (QED) is 0.743. The van der Waals surface area contributed by atoms with Crippen LogP contribution in [-0.4, -0.2) is 17.4 Å². The molecule has 0 N–H and O–H groups in total. The number of hydrogen-bond acceptors (Lipinski definition) is 1. The average Bonchev–Trinajstić information content (AvgIpc) is 2.41. The van der Waals surface area contributed by atoms with Crippen LogP contribution in [0.1, 0.15) is 38.8 Å². The lowest BCUT2D eigenvalue weighted by Crippen LogP contribution is -2.42. The van der Waals surface area contributed by atoms with Crippen molar-refractivity contribution in [1.82, 2.24) is 4.90 Å². The molecular weight excluding hydrogens is 241 g/mol. The summed E-state index contributed by atoms with van der Waals surface area (Å²) in [7, 11) is 0. The molecule has 1 aliphatic rings. The van der Waals surface area contributed by atoms with Gasteiger partial charge < -0.3 is 4.90 Å². The third kappa shape index (κ3) is 2.86. The molecule has 0 aliphatic carbocycles. The summed E-state index contributed by atoms with van der Waals surface area (Å²) >= 11 is 0. The van der Waals surface area contributed by atoms with Crippen molar-refractivity contribution in [2.45, 2.75) is 33.2 Å². The first-order valence-corrected chi connectivity index (χ1v) is 6.74. The fourth-order valence-electron chi connectivity index (χ4n) is 2.63. The van der Waals surface area contributed by atoms with Crippen molar-refractivity contribution < 1.29 is 9.18 Å². The number of carbonyl (C=O) groups is 1. The first-order chi connectivity index (χ1) is 9.02. The lowest BCUT2D eigenvalue weighted by molar-refractivity contribution is -0.132. The van der Waals surface area contributed by atoms with E-state index in [1.807, 2.05) is 24.8 Å². The Morgan fingerprint density at radius 3 is 2.58 bits per heavy atom. The van der Waals surface area contributed by atoms with E-state index < -0.39 is 0 Å². The van der Waals surface area contributed by atoms with Crippen LogP contribution in [0.25, 0.3) is 0 Å². The molecule has 0 bridgehead atoms. The predicted octanol–water partition coefficient (Wildman–Crippen LogP) is 3.70. The molecule has 1 heterocycles. The molecule has 2 atom stereocenters. The number of halogens is 1. The van der Waals surface area contributed by atoms with Crippen LogP contribution in [0.5, 0.6) is 0 Å². The maximum Gasteiger partial charge on any atom is 0.249 e. The van der Waals surface area contributed by atoms with Gasteiger partial charge in [-0.15, -0.1) is 0 Å². The van der Waals surface area contributed by atoms with Gasteiger partial charge >= 0.3 is 0 Å². The van der Waals surface area contributed by atoms with E-state index in [9.17, 15) is 9.18 Å². The highest BCUT2D eigenvalue weighted by molar-refractivity contribution is 5.94. The zero-order valence-electron chi connectivity index (χ0n) is 11.7. The molecule has 102 valence electrons. The van der Waals surface area contributed by atoms with Crippen LogP contribution in [0.15, 0.2) is 35.9 Å². The molecule has 0 unspecified atom stereocenters. The van der Waals surface area contributed by atoms with Crippen LogP contribution in [0.2, 0.25) is 0 Å². The van der Waals surface area contributed by atoms with Crippen LogP contribution < -0.4 is 0 Å². The number of nitrogens with zero attached hydrogens (tertiary/aromatic N) is 1. The third-order valence-electron chi connectivity index (χ3n) is 3.78. The van der Waals surface area contributed by atoms with Gasteiger partial charge in [0.05, 0.1) is 6.04 Å². The Morgan fingerprint density at radius 2 is 2.00 bits per heavy atom. The number of rotatable bonds is 2. The van der Waals surface area contributed by atoms with Crippen LogP contribution >= 0.6 is 0 Å². The zero-order chi connectivity index (χ0) is 14.0. The van der Waals surface area contributed by atoms with Crippen molar-refractivity contribution in [3.05, 3.63) is 47.3 Å². The molecule has 1 aromatic carbocycles. The Kier molecular flexibility index (Phi) is 4.03. The van der Waals surface area contributed by atoms with Gasteiger partial charge in [0.2, 0.25) is 5.91 Å². The first kappa shape index (κ1) is 13.8. The Bertz CT molecular complexity index is 492. The van der Waals surface area contributed by atoms with Gasteiger partial charge in [0.25, 0.3) is 0 Å². The predicted molar refractivity (Wildman–Crippen MR) is 74.1 cm³/mol. The van der Waals surface area contributed by atoms with E-state index in [4.69, 9.17) is 0 Å². The van der Waals surface area contributed by atoms with Crippen LogP contribution in [0.4, 0.5) is 4.39 Å². The van der Waals surface area contributed by atoms with Crippen molar-refractivity contribution in [3.63, 3.8) is 0 Å². The number of likely N-dealkylation sites (tertiary alicyclic amines) is 1. The van der Waals surface area contributed by atoms with E-state index in [-0.39, 0.29) is 17.8 Å². The Hall–Kier alpha value is -1.64. The van der Waals surface area contributed by atoms with E-state index in [0.717, 1.165) is 24.1 Å². The lowest BCUT2D eigenvalue weighted by Gasteiger charge is -2.37. The number of piperidine rings is 1. The molecule has 0 saturated carbocycles. The summed E-state index contributed by atoms with van der Waals surface area (Å²) in [6, 6.07) is 6.37. The van der Waals surface area contributed by atoms with Gasteiger partial charge in [0.1, 0.15) is 5.82 Å². The number of benzene rings is 1. The normalized spacial score (nSPS) is 23.8. The Balaban J connectivity index is 2.24. The van der Waals surface area contributed by atoms with Crippen LogP contribution in [0, 0.1) is 11.7 Å². The molecule has 0 spiro atoms. The maximum atomic E-state index is 13.0. The molecule has 2 rings (SSSR count). The molecule has 1 aromatic rings. The van der Waals surface area contributed by atoms with E-state index in [1.54, 1.807) is 12.1 Å². The van der Waals surface area contributed by atoms with Crippen molar-refractivity contribution in [2.75, 3.05) is 6.54 Å². The monoisotopic (exact) mass is 261 g/mol. The molecule has 0 radical (unpaired) electrons. The van der Waals surface area contributed by atoms with Crippen molar-refractivity contribution in [3.8, 4) is 0 Å². The van der Waals surface area contributed by atoms with Gasteiger partial charge in [-0.05, 0) is 43.9 Å². The highest BCUT2D eigenvalue weighted by atomic mass is 19.1. The molecule has 1 aliphatic heterocycles. The largest absolute Gasteiger partial charge is 0.332 e. The van der Waals surface area contributed by atoms with E-state index >= 15 is 0 Å². The molecule has 0 aromatic heterocycles. The standard InChI is InChI=1S/C16H20FNO/c1-4-13-9-11(2)10-18(16(13)19)12(3)14-5-7-15(17)8-6-14/h4-8,11-12H,9-10H2,1-3H3/b13-4+/t11-,12+/m1/s1. The second-order valence-electron chi connectivity index (χ2n) is 5.31. The molecule has 1 amide bonds. The topological polar surface area (TPSA) is 20.3 Å². The first-order valence-electron chi connectivity index (χ1n) is 6.74. The van der Waals surface area contributed by atoms with Gasteiger partial charge in [-0.3, -0.25) is 4.79 Å². The van der Waals surface area contributed by atoms with Gasteiger partial charge in [0.15, 0.2) is 0 Å². The molecule has 1 saturated heterocycles. The average molecular weight is 261 g/mol. The fraction of sp³-hybridized carbons (Fsp3) is 0.438. The van der Waals surface area contributed by atoms with Crippen molar-refractivity contribution >= 4 is 5.91 Å². The molecule has 19 heavy (non-hydrogen) atoms. The van der Waals surface area contributed by atoms with E-state index in [2.05, 4.69) is 6.92 Å². The third-order valence-corrected chi connectivity index (χ3v) is 3.78. The number of allylic oxidation sites excluding steroid dienone is 1. The summed E-state index contributed by atoms with van der Waals surface area (Å²) < 4.78 is 13.0. The summed E-state index contributed by atoms with van der Waals surface area (Å²) in [6.07, 6.45) is 2.75. The van der Waals surface area contributed by atoms with E-state index in [1.165, 1.54) is 12.1 Å². The summed E-state index contributed by atoms with van der Waals surface area (Å²) in [5.41, 5.74) is 1.85. The fourth-order valence-corrected chi connectivity index (χ4v) is 2.63. The number of amides is 1. The van der Waals surface area contributed by atoms with Gasteiger partial charge in [0, 0.05) is 12.1 Å². The molecule has 2 nitrogen and oxygen atoms in total. The van der Waals surface area contributed by atoms with Crippen LogP contribution in [0.3, 0.4) is 0 Å². The number of carbonyl (C=O) groups excluding carboxylic acids is 1. The van der Waals surface area contributed by atoms with Gasteiger partial charge in [-0.2, -0.15) is 0 Å². The summed E-state index contributed by atoms with van der Waals surface area (Å²) in [4.78, 5) is 14.3. The van der Waals surface area contributed by atoms with Gasteiger partial charge in [-0.25, -0.2) is 4.39 Å². The minimum atomic E-state index is -0.247. The zero-order valence-corrected chi connectivity index (χ0v) is 11.7. The van der Waals surface area contributed by atoms with E-state index in [0.29, 0.717) is 5.92 Å². The maximum absolute atomic E-state index is 13.0. The summed E-state index contributed by atoms with van der Waals surface area (Å²) in [6.45, 7) is 6.82. The summed E-state index contributed by atoms with van der Waals surface area (Å²) in [5, 5.41) is 0. The van der Waals surface area contributed by atoms with Crippen LogP contribution in [-0.2, 0) is 4.79 Å². The lowest BCUT2D eigenvalue weighted by atomic mass is 9.92. The van der Waals surface area contributed by atoms with Crippen molar-refractivity contribution in [2.24, 2.45) is 5.92 Å². The summed E-state index contributed by atoms with van der Waals surface area (Å²) in [5.74, 6) is 0.327. The minimum absolute atomic E-state index is 0.0224. The molecule has 3 heteroatoms.